The number of halogens is 3. The average Bonchev–Trinajstić information content (AvgIpc) is 3.05. The van der Waals surface area contributed by atoms with Crippen LogP contribution in [0.25, 0.3) is 22.3 Å². The van der Waals surface area contributed by atoms with Crippen LogP contribution >= 0.6 is 0 Å². The van der Waals surface area contributed by atoms with Crippen molar-refractivity contribution in [3.63, 3.8) is 0 Å². The highest BCUT2D eigenvalue weighted by Gasteiger charge is 2.47. The number of nitrogens with one attached hydrogen (secondary N) is 1. The van der Waals surface area contributed by atoms with Gasteiger partial charge < -0.3 is 9.12 Å². The summed E-state index contributed by atoms with van der Waals surface area (Å²) in [6, 6.07) is 10.2. The van der Waals surface area contributed by atoms with Crippen LogP contribution in [-0.2, 0) is 17.9 Å². The molecule has 0 radical (unpaired) electrons. The zero-order chi connectivity index (χ0) is 25.5. The molecule has 34 heavy (non-hydrogen) atoms. The standard InChI is InChI=1S/C25H29F3N4OS/c1-23(2,3)15-32-14-19(21(25(26,27)28)31-34(33)24(4,5)6)18-11-12-20(30-22(18)32)17-10-8-7-9-16(17)13-29/h7-12,14,21,31H,15H2,1-6H3. The second kappa shape index (κ2) is 9.25. The first-order valence-electron chi connectivity index (χ1n) is 10.9. The largest absolute Gasteiger partial charge is 0.598 e. The molecule has 0 aliphatic heterocycles. The number of hydrogen-bond acceptors (Lipinski definition) is 4. The van der Waals surface area contributed by atoms with Gasteiger partial charge in [0.25, 0.3) is 0 Å². The lowest BCUT2D eigenvalue weighted by molar-refractivity contribution is -0.152. The molecule has 5 nitrogen and oxygen atoms in total. The third kappa shape index (κ3) is 5.74. The Bertz CT molecular complexity index is 1220. The molecule has 0 saturated carbocycles. The zero-order valence-electron chi connectivity index (χ0n) is 20.1. The van der Waals surface area contributed by atoms with E-state index in [1.807, 2.05) is 20.8 Å². The van der Waals surface area contributed by atoms with Crippen molar-refractivity contribution in [2.75, 3.05) is 0 Å². The van der Waals surface area contributed by atoms with Crippen LogP contribution in [-0.4, -0.2) is 25.0 Å². The molecule has 3 aromatic rings. The number of nitrogens with zero attached hydrogens (tertiary/aromatic N) is 3. The molecule has 0 saturated heterocycles. The second-order valence-corrected chi connectivity index (χ2v) is 12.5. The van der Waals surface area contributed by atoms with Gasteiger partial charge in [0.1, 0.15) is 10.4 Å². The molecule has 182 valence electrons. The van der Waals surface area contributed by atoms with Crippen LogP contribution < -0.4 is 4.72 Å². The number of aromatic nitrogens is 2. The summed E-state index contributed by atoms with van der Waals surface area (Å²) in [4.78, 5) is 4.69. The van der Waals surface area contributed by atoms with E-state index >= 15 is 0 Å². The summed E-state index contributed by atoms with van der Waals surface area (Å²) in [5.74, 6) is 0. The third-order valence-electron chi connectivity index (χ3n) is 5.14. The summed E-state index contributed by atoms with van der Waals surface area (Å²) in [6.07, 6.45) is -3.22. The van der Waals surface area contributed by atoms with Crippen molar-refractivity contribution in [2.45, 2.75) is 65.1 Å². The second-order valence-electron chi connectivity index (χ2n) is 10.5. The molecular weight excluding hydrogens is 461 g/mol. The fourth-order valence-electron chi connectivity index (χ4n) is 3.60. The van der Waals surface area contributed by atoms with Crippen LogP contribution in [0, 0.1) is 16.7 Å². The minimum absolute atomic E-state index is 0.0306. The molecule has 0 spiro atoms. The van der Waals surface area contributed by atoms with Crippen LogP contribution in [0.3, 0.4) is 0 Å². The normalized spacial score (nSPS) is 14.7. The van der Waals surface area contributed by atoms with Gasteiger partial charge in [-0.15, -0.1) is 4.72 Å². The lowest BCUT2D eigenvalue weighted by atomic mass is 9.97. The molecule has 3 rings (SSSR count). The van der Waals surface area contributed by atoms with Crippen molar-refractivity contribution in [1.29, 1.82) is 5.26 Å². The summed E-state index contributed by atoms with van der Waals surface area (Å²) in [6.45, 7) is 11.2. The Balaban J connectivity index is 2.23. The van der Waals surface area contributed by atoms with Crippen molar-refractivity contribution in [3.8, 4) is 17.3 Å². The van der Waals surface area contributed by atoms with E-state index in [0.29, 0.717) is 34.4 Å². The molecule has 2 atom stereocenters. The predicted molar refractivity (Wildman–Crippen MR) is 129 cm³/mol. The highest BCUT2D eigenvalue weighted by molar-refractivity contribution is 7.90. The van der Waals surface area contributed by atoms with E-state index in [4.69, 9.17) is 4.98 Å². The third-order valence-corrected chi connectivity index (χ3v) is 6.70. The van der Waals surface area contributed by atoms with Gasteiger partial charge in [-0.1, -0.05) is 39.0 Å². The van der Waals surface area contributed by atoms with E-state index in [1.54, 1.807) is 61.7 Å². The first-order chi connectivity index (χ1) is 15.6. The van der Waals surface area contributed by atoms with Crippen LogP contribution in [0.1, 0.15) is 58.7 Å². The Kier molecular flexibility index (Phi) is 7.09. The number of pyridine rings is 1. The van der Waals surface area contributed by atoms with E-state index in [2.05, 4.69) is 10.8 Å². The summed E-state index contributed by atoms with van der Waals surface area (Å²) in [5, 5.41) is 9.79. The number of rotatable bonds is 5. The van der Waals surface area contributed by atoms with Gasteiger partial charge in [0.15, 0.2) is 6.04 Å². The highest BCUT2D eigenvalue weighted by Crippen LogP contribution is 2.39. The molecule has 1 aromatic carbocycles. The van der Waals surface area contributed by atoms with Crippen molar-refractivity contribution in [3.05, 3.63) is 53.7 Å². The van der Waals surface area contributed by atoms with Gasteiger partial charge >= 0.3 is 6.18 Å². The molecule has 2 heterocycles. The lowest BCUT2D eigenvalue weighted by Gasteiger charge is -2.29. The number of alkyl halides is 3. The Morgan fingerprint density at radius 2 is 1.74 bits per heavy atom. The summed E-state index contributed by atoms with van der Waals surface area (Å²) >= 11 is -1.94. The van der Waals surface area contributed by atoms with Gasteiger partial charge in [-0.05, 0) is 44.4 Å². The lowest BCUT2D eigenvalue weighted by Crippen LogP contribution is -2.45. The monoisotopic (exact) mass is 490 g/mol. The Morgan fingerprint density at radius 3 is 2.29 bits per heavy atom. The van der Waals surface area contributed by atoms with Crippen LogP contribution in [0.4, 0.5) is 13.2 Å². The number of hydrogen-bond donors (Lipinski definition) is 1. The fourth-order valence-corrected chi connectivity index (χ4v) is 4.43. The number of benzene rings is 1. The fraction of sp³-hybridized carbons (Fsp3) is 0.440. The topological polar surface area (TPSA) is 76.7 Å². The minimum atomic E-state index is -4.67. The maximum absolute atomic E-state index is 14.2. The molecule has 2 aromatic heterocycles. The van der Waals surface area contributed by atoms with E-state index < -0.39 is 28.3 Å². The Morgan fingerprint density at radius 1 is 1.09 bits per heavy atom. The molecule has 9 heteroatoms. The Labute approximate surface area is 201 Å². The van der Waals surface area contributed by atoms with E-state index in [-0.39, 0.29) is 11.0 Å². The van der Waals surface area contributed by atoms with Crippen LogP contribution in [0.5, 0.6) is 0 Å². The van der Waals surface area contributed by atoms with E-state index in [1.165, 1.54) is 6.20 Å². The first-order valence-corrected chi connectivity index (χ1v) is 12.0. The predicted octanol–water partition coefficient (Wildman–Crippen LogP) is 6.28. The Hall–Kier alpha value is -2.54. The van der Waals surface area contributed by atoms with Crippen molar-refractivity contribution >= 4 is 22.4 Å². The number of nitriles is 1. The molecule has 0 amide bonds. The maximum Gasteiger partial charge on any atom is 0.412 e. The van der Waals surface area contributed by atoms with E-state index in [0.717, 1.165) is 0 Å². The van der Waals surface area contributed by atoms with E-state index in [9.17, 15) is 23.0 Å². The van der Waals surface area contributed by atoms with Crippen molar-refractivity contribution in [1.82, 2.24) is 14.3 Å². The zero-order valence-corrected chi connectivity index (χ0v) is 20.9. The van der Waals surface area contributed by atoms with Gasteiger partial charge in [0.2, 0.25) is 0 Å². The van der Waals surface area contributed by atoms with Crippen molar-refractivity contribution in [2.24, 2.45) is 5.41 Å². The SMILES string of the molecule is CC(C)(C)Cn1cc(C(N[S+]([O-])C(C)(C)C)C(F)(F)F)c2ccc(-c3ccccc3C#N)nc21. The van der Waals surface area contributed by atoms with Crippen LogP contribution in [0.15, 0.2) is 42.6 Å². The molecule has 0 bridgehead atoms. The smallest absolute Gasteiger partial charge is 0.412 e. The first kappa shape index (κ1) is 26.1. The van der Waals surface area contributed by atoms with Gasteiger partial charge in [-0.2, -0.15) is 18.4 Å². The minimum Gasteiger partial charge on any atom is -0.598 e. The van der Waals surface area contributed by atoms with Gasteiger partial charge in [-0.25, -0.2) is 4.98 Å². The highest BCUT2D eigenvalue weighted by atomic mass is 32.2. The summed E-state index contributed by atoms with van der Waals surface area (Å²) < 4.78 is 58.4. The molecule has 0 fully saturated rings. The molecule has 0 aliphatic rings. The molecule has 1 N–H and O–H groups in total. The molecule has 2 unspecified atom stereocenters. The van der Waals surface area contributed by atoms with Gasteiger partial charge in [-0.3, -0.25) is 0 Å². The molecule has 0 aliphatic carbocycles. The maximum atomic E-state index is 14.2. The molecular formula is C25H29F3N4OS. The summed E-state index contributed by atoms with van der Waals surface area (Å²) in [7, 11) is 0. The summed E-state index contributed by atoms with van der Waals surface area (Å²) in [5.41, 5.74) is 1.65. The quantitative estimate of drug-likeness (QED) is 0.427. The van der Waals surface area contributed by atoms with Crippen molar-refractivity contribution < 1.29 is 17.7 Å². The van der Waals surface area contributed by atoms with Crippen LogP contribution in [0.2, 0.25) is 0 Å². The average molecular weight is 491 g/mol. The van der Waals surface area contributed by atoms with Gasteiger partial charge in [0.05, 0.1) is 17.3 Å². The van der Waals surface area contributed by atoms with Gasteiger partial charge in [0, 0.05) is 40.6 Å². The number of fused-ring (bicyclic) bond motifs is 1.